The third-order valence-electron chi connectivity index (χ3n) is 3.59. The van der Waals surface area contributed by atoms with Crippen molar-refractivity contribution in [1.82, 2.24) is 15.3 Å². The van der Waals surface area contributed by atoms with Crippen LogP contribution in [-0.4, -0.2) is 22.6 Å². The van der Waals surface area contributed by atoms with Gasteiger partial charge in [0.15, 0.2) is 0 Å². The van der Waals surface area contributed by atoms with Crippen LogP contribution in [0.4, 0.5) is 0 Å². The first kappa shape index (κ1) is 14.0. The van der Waals surface area contributed by atoms with Gasteiger partial charge >= 0.3 is 0 Å². The summed E-state index contributed by atoms with van der Waals surface area (Å²) < 4.78 is 5.66. The molecule has 1 aromatic heterocycles. The molecule has 2 heterocycles. The number of rotatable bonds is 4. The molecule has 0 radical (unpaired) electrons. The Morgan fingerprint density at radius 2 is 2.00 bits per heavy atom. The summed E-state index contributed by atoms with van der Waals surface area (Å²) in [6, 6.07) is 8.39. The van der Waals surface area contributed by atoms with E-state index in [0.717, 1.165) is 35.7 Å². The van der Waals surface area contributed by atoms with Crippen molar-refractivity contribution in [2.24, 2.45) is 0 Å². The molecule has 1 aromatic carbocycles. The Morgan fingerprint density at radius 1 is 1.19 bits per heavy atom. The fourth-order valence-corrected chi connectivity index (χ4v) is 2.60. The van der Waals surface area contributed by atoms with Gasteiger partial charge in [0.1, 0.15) is 5.75 Å². The molecule has 1 fully saturated rings. The molecule has 1 atom stereocenters. The number of nitrogens with one attached hydrogen (secondary N) is 1. The van der Waals surface area contributed by atoms with Gasteiger partial charge in [-0.1, -0.05) is 0 Å². The molecule has 1 aliphatic heterocycles. The molecule has 0 spiro atoms. The normalized spacial score (nSPS) is 18.1. The number of nitrogens with zero attached hydrogens (tertiary/aromatic N) is 2. The number of benzene rings is 1. The number of hydrogen-bond acceptors (Lipinski definition) is 4. The molecule has 2 aromatic rings. The molecule has 3 rings (SSSR count). The Labute approximate surface area is 125 Å². The zero-order valence-electron chi connectivity index (χ0n) is 12.5. The van der Waals surface area contributed by atoms with Crippen LogP contribution in [0.2, 0.25) is 0 Å². The van der Waals surface area contributed by atoms with Gasteiger partial charge in [-0.05, 0) is 57.5 Å². The summed E-state index contributed by atoms with van der Waals surface area (Å²) >= 11 is 0. The molecular formula is C17H21N3O. The number of aromatic nitrogens is 2. The SMILES string of the molecule is CC(C)Oc1ccc(-c2cncc(C3CCCN3)n2)cc1. The summed E-state index contributed by atoms with van der Waals surface area (Å²) in [4.78, 5) is 9.09. The maximum atomic E-state index is 5.66. The zero-order chi connectivity index (χ0) is 14.7. The Hall–Kier alpha value is -1.94. The smallest absolute Gasteiger partial charge is 0.119 e. The van der Waals surface area contributed by atoms with E-state index in [4.69, 9.17) is 9.72 Å². The summed E-state index contributed by atoms with van der Waals surface area (Å²) in [5, 5.41) is 3.46. The highest BCUT2D eigenvalue weighted by molar-refractivity contribution is 5.59. The first-order chi connectivity index (χ1) is 10.2. The van der Waals surface area contributed by atoms with Crippen molar-refractivity contribution in [2.75, 3.05) is 6.54 Å². The molecule has 0 amide bonds. The molecule has 4 heteroatoms. The molecule has 21 heavy (non-hydrogen) atoms. The van der Waals surface area contributed by atoms with E-state index in [1.54, 1.807) is 0 Å². The highest BCUT2D eigenvalue weighted by atomic mass is 16.5. The van der Waals surface area contributed by atoms with Crippen molar-refractivity contribution < 1.29 is 4.74 Å². The minimum Gasteiger partial charge on any atom is -0.491 e. The lowest BCUT2D eigenvalue weighted by Crippen LogP contribution is -2.14. The van der Waals surface area contributed by atoms with Crippen LogP contribution in [0.25, 0.3) is 11.3 Å². The van der Waals surface area contributed by atoms with Gasteiger partial charge in [-0.15, -0.1) is 0 Å². The second-order valence-electron chi connectivity index (χ2n) is 5.67. The maximum absolute atomic E-state index is 5.66. The maximum Gasteiger partial charge on any atom is 0.119 e. The molecule has 0 bridgehead atoms. The molecule has 0 aliphatic carbocycles. The van der Waals surface area contributed by atoms with Gasteiger partial charge in [0.2, 0.25) is 0 Å². The fraction of sp³-hybridized carbons (Fsp3) is 0.412. The molecule has 1 N–H and O–H groups in total. The first-order valence-corrected chi connectivity index (χ1v) is 7.55. The number of ether oxygens (including phenoxy) is 1. The molecule has 110 valence electrons. The zero-order valence-corrected chi connectivity index (χ0v) is 12.5. The highest BCUT2D eigenvalue weighted by Gasteiger charge is 2.18. The van der Waals surface area contributed by atoms with Crippen molar-refractivity contribution in [3.8, 4) is 17.0 Å². The van der Waals surface area contributed by atoms with E-state index in [2.05, 4.69) is 10.3 Å². The third-order valence-corrected chi connectivity index (χ3v) is 3.59. The fourth-order valence-electron chi connectivity index (χ4n) is 2.60. The van der Waals surface area contributed by atoms with Crippen LogP contribution in [0.1, 0.15) is 38.4 Å². The van der Waals surface area contributed by atoms with Gasteiger partial charge < -0.3 is 10.1 Å². The molecule has 1 unspecified atom stereocenters. The lowest BCUT2D eigenvalue weighted by Gasteiger charge is -2.12. The van der Waals surface area contributed by atoms with Crippen molar-refractivity contribution in [2.45, 2.75) is 38.8 Å². The summed E-state index contributed by atoms with van der Waals surface area (Å²) in [6.45, 7) is 5.12. The van der Waals surface area contributed by atoms with Crippen LogP contribution in [0.15, 0.2) is 36.7 Å². The van der Waals surface area contributed by atoms with Crippen molar-refractivity contribution in [1.29, 1.82) is 0 Å². The number of hydrogen-bond donors (Lipinski definition) is 1. The Kier molecular flexibility index (Phi) is 4.15. The third kappa shape index (κ3) is 3.39. The summed E-state index contributed by atoms with van der Waals surface area (Å²) in [5.74, 6) is 0.885. The largest absolute Gasteiger partial charge is 0.491 e. The summed E-state index contributed by atoms with van der Waals surface area (Å²) in [7, 11) is 0. The van der Waals surface area contributed by atoms with Crippen LogP contribution >= 0.6 is 0 Å². The van der Waals surface area contributed by atoms with E-state index in [1.165, 1.54) is 6.42 Å². The second-order valence-corrected chi connectivity index (χ2v) is 5.67. The van der Waals surface area contributed by atoms with E-state index in [1.807, 2.05) is 50.5 Å². The second kappa shape index (κ2) is 6.22. The van der Waals surface area contributed by atoms with Gasteiger partial charge in [-0.3, -0.25) is 4.98 Å². The van der Waals surface area contributed by atoms with Crippen LogP contribution in [-0.2, 0) is 0 Å². The van der Waals surface area contributed by atoms with Crippen LogP contribution in [0.3, 0.4) is 0 Å². The predicted molar refractivity (Wildman–Crippen MR) is 83.2 cm³/mol. The topological polar surface area (TPSA) is 47.0 Å². The Morgan fingerprint density at radius 3 is 2.67 bits per heavy atom. The first-order valence-electron chi connectivity index (χ1n) is 7.55. The molecule has 0 saturated carbocycles. The monoisotopic (exact) mass is 283 g/mol. The minimum atomic E-state index is 0.187. The van der Waals surface area contributed by atoms with Gasteiger partial charge in [0.05, 0.1) is 35.9 Å². The predicted octanol–water partition coefficient (Wildman–Crippen LogP) is 3.36. The minimum absolute atomic E-state index is 0.187. The summed E-state index contributed by atoms with van der Waals surface area (Å²) in [5.41, 5.74) is 3.02. The molecule has 1 saturated heterocycles. The quantitative estimate of drug-likeness (QED) is 0.934. The van der Waals surface area contributed by atoms with Gasteiger partial charge in [0.25, 0.3) is 0 Å². The van der Waals surface area contributed by atoms with Crippen LogP contribution in [0, 0.1) is 0 Å². The van der Waals surface area contributed by atoms with Crippen molar-refractivity contribution in [3.63, 3.8) is 0 Å². The van der Waals surface area contributed by atoms with Crippen molar-refractivity contribution >= 4 is 0 Å². The van der Waals surface area contributed by atoms with Gasteiger partial charge in [-0.2, -0.15) is 0 Å². The lowest BCUT2D eigenvalue weighted by atomic mass is 10.1. The van der Waals surface area contributed by atoms with E-state index < -0.39 is 0 Å². The standard InChI is InChI=1S/C17H21N3O/c1-12(2)21-14-7-5-13(6-8-14)16-10-18-11-17(20-16)15-4-3-9-19-15/h5-8,10-12,15,19H,3-4,9H2,1-2H3. The molecular weight excluding hydrogens is 262 g/mol. The van der Waals surface area contributed by atoms with E-state index in [-0.39, 0.29) is 6.10 Å². The van der Waals surface area contributed by atoms with Crippen LogP contribution in [0.5, 0.6) is 5.75 Å². The van der Waals surface area contributed by atoms with Crippen LogP contribution < -0.4 is 10.1 Å². The van der Waals surface area contributed by atoms with Gasteiger partial charge in [0, 0.05) is 5.56 Å². The lowest BCUT2D eigenvalue weighted by molar-refractivity contribution is 0.242. The Bertz CT molecular complexity index is 589. The summed E-state index contributed by atoms with van der Waals surface area (Å²) in [6.07, 6.45) is 6.21. The molecule has 4 nitrogen and oxygen atoms in total. The van der Waals surface area contributed by atoms with Gasteiger partial charge in [-0.25, -0.2) is 4.98 Å². The highest BCUT2D eigenvalue weighted by Crippen LogP contribution is 2.25. The average Bonchev–Trinajstić information content (AvgIpc) is 3.02. The van der Waals surface area contributed by atoms with E-state index >= 15 is 0 Å². The average molecular weight is 283 g/mol. The molecule has 1 aliphatic rings. The Balaban J connectivity index is 1.81. The van der Waals surface area contributed by atoms with E-state index in [0.29, 0.717) is 6.04 Å². The van der Waals surface area contributed by atoms with E-state index in [9.17, 15) is 0 Å². The van der Waals surface area contributed by atoms with Crippen molar-refractivity contribution in [3.05, 3.63) is 42.4 Å².